The van der Waals surface area contributed by atoms with E-state index in [1.54, 1.807) is 19.1 Å². The van der Waals surface area contributed by atoms with Crippen molar-refractivity contribution in [2.75, 3.05) is 20.3 Å². The molecule has 0 bridgehead atoms. The SMILES string of the molecule is COc1ccnc(C(=O)N[C@H]2CCO[C@H](Cc3ccc(F)cc3)[C@@H](OCC(C)C)[C@H](C)OC2=O)c1O. The van der Waals surface area contributed by atoms with Gasteiger partial charge >= 0.3 is 5.97 Å². The van der Waals surface area contributed by atoms with Crippen LogP contribution in [0.3, 0.4) is 0 Å². The maximum atomic E-state index is 13.4. The quantitative estimate of drug-likeness (QED) is 0.527. The van der Waals surface area contributed by atoms with Crippen molar-refractivity contribution in [2.24, 2.45) is 5.92 Å². The van der Waals surface area contributed by atoms with Gasteiger partial charge in [0, 0.05) is 38.3 Å². The normalized spacial score (nSPS) is 22.8. The third kappa shape index (κ3) is 7.14. The summed E-state index contributed by atoms with van der Waals surface area (Å²) in [6.45, 7) is 6.28. The van der Waals surface area contributed by atoms with E-state index in [0.29, 0.717) is 13.0 Å². The van der Waals surface area contributed by atoms with Crippen LogP contribution in [0.2, 0.25) is 0 Å². The number of hydrogen-bond donors (Lipinski definition) is 2. The molecular weight excluding hydrogens is 471 g/mol. The van der Waals surface area contributed by atoms with Gasteiger partial charge in [0.05, 0.1) is 13.2 Å². The number of cyclic esters (lactones) is 1. The minimum atomic E-state index is -1.04. The largest absolute Gasteiger partial charge is 0.503 e. The third-order valence-electron chi connectivity index (χ3n) is 5.75. The van der Waals surface area contributed by atoms with Crippen LogP contribution in [0.25, 0.3) is 0 Å². The molecule has 0 radical (unpaired) electrons. The van der Waals surface area contributed by atoms with E-state index in [2.05, 4.69) is 10.3 Å². The van der Waals surface area contributed by atoms with Gasteiger partial charge in [0.15, 0.2) is 17.2 Å². The molecule has 9 nitrogen and oxygen atoms in total. The average molecular weight is 505 g/mol. The summed E-state index contributed by atoms with van der Waals surface area (Å²) < 4.78 is 36.4. The Hall–Kier alpha value is -3.24. The molecule has 0 aliphatic carbocycles. The molecular formula is C26H33FN2O7. The standard InChI is InChI=1S/C26H33FN2O7/c1-15(2)14-35-24-16(3)36-26(32)19(29-25(31)22-23(30)20(33-4)9-11-28-22)10-12-34-21(24)13-17-5-7-18(27)8-6-17/h5-9,11,15-16,19,21,24,30H,10,12-14H2,1-4H3,(H,29,31)/t16-,19-,21+,24-/m0/s1. The molecule has 1 amide bonds. The summed E-state index contributed by atoms with van der Waals surface area (Å²) in [6, 6.07) is 6.49. The van der Waals surface area contributed by atoms with E-state index >= 15 is 0 Å². The molecule has 2 N–H and O–H groups in total. The van der Waals surface area contributed by atoms with Crippen LogP contribution in [0.4, 0.5) is 4.39 Å². The fraction of sp³-hybridized carbons (Fsp3) is 0.500. The Morgan fingerprint density at radius 2 is 2.00 bits per heavy atom. The number of esters is 1. The van der Waals surface area contributed by atoms with E-state index < -0.39 is 42.0 Å². The Kier molecular flexibility index (Phi) is 9.60. The number of benzene rings is 1. The van der Waals surface area contributed by atoms with Crippen molar-refractivity contribution in [1.82, 2.24) is 10.3 Å². The first-order chi connectivity index (χ1) is 17.2. The number of carbonyl (C=O) groups is 2. The molecule has 1 saturated heterocycles. The van der Waals surface area contributed by atoms with Gasteiger partial charge in [0.25, 0.3) is 5.91 Å². The second-order valence-electron chi connectivity index (χ2n) is 9.10. The second kappa shape index (κ2) is 12.6. The molecule has 36 heavy (non-hydrogen) atoms. The number of nitrogens with one attached hydrogen (secondary N) is 1. The van der Waals surface area contributed by atoms with Crippen molar-refractivity contribution in [3.63, 3.8) is 0 Å². The van der Waals surface area contributed by atoms with Crippen LogP contribution in [0.5, 0.6) is 11.5 Å². The lowest BCUT2D eigenvalue weighted by Crippen LogP contribution is -2.46. The summed E-state index contributed by atoms with van der Waals surface area (Å²) in [4.78, 5) is 29.7. The zero-order valence-corrected chi connectivity index (χ0v) is 20.9. The van der Waals surface area contributed by atoms with Gasteiger partial charge in [-0.3, -0.25) is 4.79 Å². The molecule has 1 aliphatic rings. The Bertz CT molecular complexity index is 1030. The van der Waals surface area contributed by atoms with Gasteiger partial charge in [-0.15, -0.1) is 0 Å². The van der Waals surface area contributed by atoms with Gasteiger partial charge in [0.2, 0.25) is 0 Å². The van der Waals surface area contributed by atoms with E-state index in [9.17, 15) is 19.1 Å². The molecule has 1 aliphatic heterocycles. The average Bonchev–Trinajstić information content (AvgIpc) is 2.88. The van der Waals surface area contributed by atoms with Crippen molar-refractivity contribution in [2.45, 2.75) is 58.0 Å². The van der Waals surface area contributed by atoms with Crippen LogP contribution in [-0.2, 0) is 25.4 Å². The van der Waals surface area contributed by atoms with Crippen molar-refractivity contribution < 1.29 is 38.0 Å². The molecule has 1 fully saturated rings. The summed E-state index contributed by atoms with van der Waals surface area (Å²) in [5, 5.41) is 12.8. The van der Waals surface area contributed by atoms with Gasteiger partial charge in [-0.05, 0) is 30.5 Å². The highest BCUT2D eigenvalue weighted by molar-refractivity contribution is 5.97. The summed E-state index contributed by atoms with van der Waals surface area (Å²) in [6.07, 6.45) is 0.109. The number of rotatable bonds is 8. The molecule has 0 unspecified atom stereocenters. The van der Waals surface area contributed by atoms with E-state index in [-0.39, 0.29) is 36.2 Å². The van der Waals surface area contributed by atoms with Crippen molar-refractivity contribution in [1.29, 1.82) is 0 Å². The first kappa shape index (κ1) is 27.3. The van der Waals surface area contributed by atoms with Crippen LogP contribution < -0.4 is 10.1 Å². The molecule has 3 rings (SSSR count). The van der Waals surface area contributed by atoms with Gasteiger partial charge in [-0.1, -0.05) is 26.0 Å². The van der Waals surface area contributed by atoms with E-state index in [1.807, 2.05) is 13.8 Å². The van der Waals surface area contributed by atoms with Crippen LogP contribution in [-0.4, -0.2) is 66.6 Å². The number of ether oxygens (including phenoxy) is 4. The number of methoxy groups -OCH3 is 1. The Morgan fingerprint density at radius 1 is 1.28 bits per heavy atom. The van der Waals surface area contributed by atoms with Gasteiger partial charge in [-0.2, -0.15) is 0 Å². The fourth-order valence-electron chi connectivity index (χ4n) is 3.88. The fourth-order valence-corrected chi connectivity index (χ4v) is 3.88. The second-order valence-corrected chi connectivity index (χ2v) is 9.10. The van der Waals surface area contributed by atoms with E-state index in [0.717, 1.165) is 5.56 Å². The minimum Gasteiger partial charge on any atom is -0.503 e. The topological polar surface area (TPSA) is 116 Å². The molecule has 196 valence electrons. The zero-order chi connectivity index (χ0) is 26.2. The van der Waals surface area contributed by atoms with E-state index in [1.165, 1.54) is 31.5 Å². The van der Waals surface area contributed by atoms with Crippen molar-refractivity contribution >= 4 is 11.9 Å². The predicted octanol–water partition coefficient (Wildman–Crippen LogP) is 3.04. The van der Waals surface area contributed by atoms with Crippen LogP contribution >= 0.6 is 0 Å². The lowest BCUT2D eigenvalue weighted by Gasteiger charge is -2.31. The van der Waals surface area contributed by atoms with Crippen LogP contribution in [0.15, 0.2) is 36.5 Å². The third-order valence-corrected chi connectivity index (χ3v) is 5.75. The lowest BCUT2D eigenvalue weighted by molar-refractivity contribution is -0.165. The van der Waals surface area contributed by atoms with Crippen LogP contribution in [0.1, 0.15) is 43.2 Å². The molecule has 1 aromatic carbocycles. The molecule has 0 spiro atoms. The summed E-state index contributed by atoms with van der Waals surface area (Å²) in [5.41, 5.74) is 0.574. The lowest BCUT2D eigenvalue weighted by atomic mass is 10.00. The number of halogens is 1. The molecule has 2 aromatic rings. The molecule has 4 atom stereocenters. The highest BCUT2D eigenvalue weighted by atomic mass is 19.1. The van der Waals surface area contributed by atoms with Gasteiger partial charge < -0.3 is 29.4 Å². The zero-order valence-electron chi connectivity index (χ0n) is 20.9. The maximum Gasteiger partial charge on any atom is 0.329 e. The molecule has 0 saturated carbocycles. The number of aromatic hydroxyl groups is 1. The number of pyridine rings is 1. The maximum absolute atomic E-state index is 13.4. The predicted molar refractivity (Wildman–Crippen MR) is 128 cm³/mol. The number of hydrogen-bond acceptors (Lipinski definition) is 8. The summed E-state index contributed by atoms with van der Waals surface area (Å²) in [7, 11) is 1.35. The number of amides is 1. The molecule has 2 heterocycles. The first-order valence-electron chi connectivity index (χ1n) is 11.9. The minimum absolute atomic E-state index is 0.0814. The Labute approximate surface area is 209 Å². The highest BCUT2D eigenvalue weighted by Gasteiger charge is 2.36. The Morgan fingerprint density at radius 3 is 2.67 bits per heavy atom. The molecule has 10 heteroatoms. The smallest absolute Gasteiger partial charge is 0.329 e. The Balaban J connectivity index is 1.78. The van der Waals surface area contributed by atoms with E-state index in [4.69, 9.17) is 18.9 Å². The van der Waals surface area contributed by atoms with Crippen molar-refractivity contribution in [3.05, 3.63) is 53.6 Å². The first-order valence-corrected chi connectivity index (χ1v) is 11.9. The highest BCUT2D eigenvalue weighted by Crippen LogP contribution is 2.28. The summed E-state index contributed by atoms with van der Waals surface area (Å²) in [5.74, 6) is -1.85. The molecule has 1 aromatic heterocycles. The van der Waals surface area contributed by atoms with Gasteiger partial charge in [-0.25, -0.2) is 14.2 Å². The van der Waals surface area contributed by atoms with Crippen LogP contribution in [0, 0.1) is 11.7 Å². The monoisotopic (exact) mass is 504 g/mol. The number of carbonyl (C=O) groups excluding carboxylic acids is 2. The number of nitrogens with zero attached hydrogens (tertiary/aromatic N) is 1. The summed E-state index contributed by atoms with van der Waals surface area (Å²) >= 11 is 0. The van der Waals surface area contributed by atoms with Crippen molar-refractivity contribution in [3.8, 4) is 11.5 Å². The number of aromatic nitrogens is 1. The van der Waals surface area contributed by atoms with Gasteiger partial charge in [0.1, 0.15) is 24.1 Å².